The van der Waals surface area contributed by atoms with E-state index in [1.165, 1.54) is 37.5 Å². The van der Waals surface area contributed by atoms with Crippen molar-refractivity contribution in [2.75, 3.05) is 34.3 Å². The van der Waals surface area contributed by atoms with Crippen molar-refractivity contribution in [3.63, 3.8) is 0 Å². The zero-order valence-electron chi connectivity index (χ0n) is 18.5. The molecule has 0 spiro atoms. The quantitative estimate of drug-likeness (QED) is 0.506. The predicted octanol–water partition coefficient (Wildman–Crippen LogP) is 4.98. The van der Waals surface area contributed by atoms with Gasteiger partial charge in [0.15, 0.2) is 11.5 Å². The van der Waals surface area contributed by atoms with E-state index in [0.29, 0.717) is 18.2 Å². The highest BCUT2D eigenvalue weighted by molar-refractivity contribution is 8.18. The van der Waals surface area contributed by atoms with Crippen LogP contribution in [-0.4, -0.2) is 55.2 Å². The van der Waals surface area contributed by atoms with Crippen molar-refractivity contribution < 1.29 is 32.2 Å². The van der Waals surface area contributed by atoms with Crippen LogP contribution in [-0.2, 0) is 11.0 Å². The number of ether oxygens (including phenoxy) is 2. The van der Waals surface area contributed by atoms with Gasteiger partial charge in [-0.25, -0.2) is 0 Å². The third kappa shape index (κ3) is 5.70. The molecule has 7 nitrogen and oxygen atoms in total. The zero-order valence-corrected chi connectivity index (χ0v) is 19.3. The number of likely N-dealkylation sites (N-methyl/N-ethyl adjacent to an activating group) is 1. The summed E-state index contributed by atoms with van der Waals surface area (Å²) in [6, 6.07) is 9.09. The predicted molar refractivity (Wildman–Crippen MR) is 120 cm³/mol. The maximum Gasteiger partial charge on any atom is 0.420 e. The fourth-order valence-corrected chi connectivity index (χ4v) is 3.90. The lowest BCUT2D eigenvalue weighted by Crippen LogP contribution is -2.34. The Balaban J connectivity index is 1.87. The van der Waals surface area contributed by atoms with Crippen molar-refractivity contribution in [1.29, 1.82) is 5.26 Å². The van der Waals surface area contributed by atoms with Gasteiger partial charge in [0.2, 0.25) is 0 Å². The van der Waals surface area contributed by atoms with Gasteiger partial charge < -0.3 is 14.4 Å². The van der Waals surface area contributed by atoms with E-state index in [9.17, 15) is 22.8 Å². The van der Waals surface area contributed by atoms with Crippen LogP contribution in [0.25, 0.3) is 6.08 Å². The van der Waals surface area contributed by atoms with Gasteiger partial charge in [-0.1, -0.05) is 6.07 Å². The third-order valence-corrected chi connectivity index (χ3v) is 5.67. The van der Waals surface area contributed by atoms with Gasteiger partial charge in [0.05, 0.1) is 29.2 Å². The minimum atomic E-state index is -4.73. The number of rotatable bonds is 7. The van der Waals surface area contributed by atoms with E-state index in [0.717, 1.165) is 22.7 Å². The molecule has 0 aromatic heterocycles. The Morgan fingerprint density at radius 2 is 1.82 bits per heavy atom. The molecule has 0 N–H and O–H groups in total. The van der Waals surface area contributed by atoms with Crippen LogP contribution in [0, 0.1) is 11.3 Å². The van der Waals surface area contributed by atoms with Gasteiger partial charge in [-0.05, 0) is 67.8 Å². The average molecular weight is 491 g/mol. The van der Waals surface area contributed by atoms with E-state index in [-0.39, 0.29) is 33.8 Å². The van der Waals surface area contributed by atoms with E-state index in [2.05, 4.69) is 0 Å². The molecule has 0 radical (unpaired) electrons. The summed E-state index contributed by atoms with van der Waals surface area (Å²) in [5.41, 5.74) is -0.747. The Bertz CT molecular complexity index is 1190. The minimum Gasteiger partial charge on any atom is -0.493 e. The fraction of sp³-hybridized carbons (Fsp3) is 0.261. The molecule has 0 bridgehead atoms. The highest BCUT2D eigenvalue weighted by atomic mass is 32.2. The molecule has 0 saturated carbocycles. The number of benzene rings is 2. The van der Waals surface area contributed by atoms with Crippen molar-refractivity contribution in [3.05, 3.63) is 58.0 Å². The van der Waals surface area contributed by atoms with Gasteiger partial charge in [0.25, 0.3) is 11.1 Å². The van der Waals surface area contributed by atoms with Gasteiger partial charge in [-0.15, -0.1) is 0 Å². The van der Waals surface area contributed by atoms with E-state index < -0.39 is 23.4 Å². The summed E-state index contributed by atoms with van der Waals surface area (Å²) in [5.74, 6) is -0.768. The summed E-state index contributed by atoms with van der Waals surface area (Å²) in [6.07, 6.45) is -3.22. The van der Waals surface area contributed by atoms with Crippen LogP contribution in [0.1, 0.15) is 16.7 Å². The molecule has 11 heteroatoms. The maximum atomic E-state index is 13.4. The van der Waals surface area contributed by atoms with E-state index in [1.807, 2.05) is 19.0 Å². The summed E-state index contributed by atoms with van der Waals surface area (Å²) >= 11 is 0.813. The first-order chi connectivity index (χ1) is 16.0. The Morgan fingerprint density at radius 3 is 2.44 bits per heavy atom. The smallest absolute Gasteiger partial charge is 0.420 e. The summed E-state index contributed by atoms with van der Waals surface area (Å²) in [6.45, 7) is 0.789. The molecule has 0 aliphatic carbocycles. The largest absolute Gasteiger partial charge is 0.493 e. The second kappa shape index (κ2) is 10.2. The minimum absolute atomic E-state index is 0.00828. The van der Waals surface area contributed by atoms with Gasteiger partial charge in [-0.3, -0.25) is 14.5 Å². The molecule has 0 unspecified atom stereocenters. The molecule has 1 fully saturated rings. The molecule has 0 atom stereocenters. The van der Waals surface area contributed by atoms with Crippen LogP contribution in [0.4, 0.5) is 18.0 Å². The maximum absolute atomic E-state index is 13.4. The Hall–Kier alpha value is -3.49. The number of halogens is 3. The number of thioether (sulfide) groups is 1. The molecule has 34 heavy (non-hydrogen) atoms. The Kier molecular flexibility index (Phi) is 7.54. The van der Waals surface area contributed by atoms with Crippen molar-refractivity contribution >= 4 is 29.0 Å². The summed E-state index contributed by atoms with van der Waals surface area (Å²) in [4.78, 5) is 28.0. The van der Waals surface area contributed by atoms with Crippen molar-refractivity contribution in [2.24, 2.45) is 0 Å². The summed E-state index contributed by atoms with van der Waals surface area (Å²) in [7, 11) is 4.99. The molecule has 3 rings (SSSR count). The molecule has 2 aromatic rings. The number of hydrogen-bond acceptors (Lipinski definition) is 7. The van der Waals surface area contributed by atoms with Gasteiger partial charge >= 0.3 is 6.18 Å². The summed E-state index contributed by atoms with van der Waals surface area (Å²) < 4.78 is 51.1. The van der Waals surface area contributed by atoms with E-state index in [1.54, 1.807) is 6.07 Å². The Morgan fingerprint density at radius 1 is 1.12 bits per heavy atom. The number of nitriles is 1. The van der Waals surface area contributed by atoms with Crippen LogP contribution in [0.2, 0.25) is 0 Å². The first-order valence-electron chi connectivity index (χ1n) is 9.91. The zero-order chi connectivity index (χ0) is 25.0. The van der Waals surface area contributed by atoms with Crippen molar-refractivity contribution in [3.8, 4) is 23.3 Å². The number of nitrogens with zero attached hydrogens (tertiary/aromatic N) is 3. The molecule has 1 aliphatic heterocycles. The number of carbonyl (C=O) groups excluding carboxylic acids is 2. The molecule has 178 valence electrons. The van der Waals surface area contributed by atoms with Gasteiger partial charge in [0.1, 0.15) is 5.75 Å². The molecule has 2 amide bonds. The molecular formula is C23H20F3N3O4S. The number of carbonyl (C=O) groups is 2. The SMILES string of the molecule is COc1cc(/C=C2\SC(=O)N(CCN(C)C)C2=O)ccc1Oc1ccc(C#N)cc1C(F)(F)F. The Labute approximate surface area is 198 Å². The fourth-order valence-electron chi connectivity index (χ4n) is 3.03. The standard InChI is InChI=1S/C23H20F3N3O4S/c1-28(2)8-9-29-21(30)20(34-22(29)31)12-14-4-7-18(19(11-14)32-3)33-17-6-5-15(13-27)10-16(17)23(24,25)26/h4-7,10-12H,8-9H2,1-3H3/b20-12-. The highest BCUT2D eigenvalue weighted by Crippen LogP contribution is 2.41. The molecule has 1 aliphatic rings. The molecule has 1 saturated heterocycles. The molecular weight excluding hydrogens is 471 g/mol. The first kappa shape index (κ1) is 25.1. The van der Waals surface area contributed by atoms with E-state index in [4.69, 9.17) is 14.7 Å². The molecule has 2 aromatic carbocycles. The topological polar surface area (TPSA) is 82.9 Å². The van der Waals surface area contributed by atoms with Gasteiger partial charge in [0, 0.05) is 13.1 Å². The monoisotopic (exact) mass is 491 g/mol. The lowest BCUT2D eigenvalue weighted by molar-refractivity contribution is -0.138. The average Bonchev–Trinajstić information content (AvgIpc) is 3.04. The number of hydrogen-bond donors (Lipinski definition) is 0. The van der Waals surface area contributed by atoms with Crippen LogP contribution < -0.4 is 9.47 Å². The van der Waals surface area contributed by atoms with Gasteiger partial charge in [-0.2, -0.15) is 18.4 Å². The second-order valence-electron chi connectivity index (χ2n) is 7.47. The number of alkyl halides is 3. The van der Waals surface area contributed by atoms with Crippen molar-refractivity contribution in [2.45, 2.75) is 6.18 Å². The normalized spacial score (nSPS) is 15.2. The lowest BCUT2D eigenvalue weighted by Gasteiger charge is -2.16. The first-order valence-corrected chi connectivity index (χ1v) is 10.7. The third-order valence-electron chi connectivity index (χ3n) is 4.76. The highest BCUT2D eigenvalue weighted by Gasteiger charge is 2.36. The molecule has 1 heterocycles. The van der Waals surface area contributed by atoms with Crippen LogP contribution in [0.15, 0.2) is 41.3 Å². The van der Waals surface area contributed by atoms with Crippen LogP contribution in [0.5, 0.6) is 17.2 Å². The van der Waals surface area contributed by atoms with Crippen LogP contribution >= 0.6 is 11.8 Å². The summed E-state index contributed by atoms with van der Waals surface area (Å²) in [5, 5.41) is 8.54. The van der Waals surface area contributed by atoms with E-state index >= 15 is 0 Å². The number of methoxy groups -OCH3 is 1. The van der Waals surface area contributed by atoms with Crippen molar-refractivity contribution in [1.82, 2.24) is 9.80 Å². The number of imide groups is 1. The lowest BCUT2D eigenvalue weighted by atomic mass is 10.1. The second-order valence-corrected chi connectivity index (χ2v) is 8.46. The number of amides is 2. The van der Waals surface area contributed by atoms with Crippen LogP contribution in [0.3, 0.4) is 0 Å².